The standard InChI is InChI=1S/C12H20N2O2S/c1-8-14-9(7-17-8)6-13-12(4,5)11(2,3)10(15)16/h7,13H,6H2,1-5H3,(H,15,16). The van der Waals surface area contributed by atoms with Gasteiger partial charge in [-0.15, -0.1) is 11.3 Å². The highest BCUT2D eigenvalue weighted by Crippen LogP contribution is 2.31. The minimum atomic E-state index is -0.835. The Morgan fingerprint density at radius 1 is 1.47 bits per heavy atom. The van der Waals surface area contributed by atoms with E-state index in [1.807, 2.05) is 26.2 Å². The van der Waals surface area contributed by atoms with Crippen LogP contribution in [0.4, 0.5) is 0 Å². The maximum Gasteiger partial charge on any atom is 0.310 e. The predicted octanol–water partition coefficient (Wildman–Crippen LogP) is 2.43. The smallest absolute Gasteiger partial charge is 0.310 e. The van der Waals surface area contributed by atoms with E-state index in [9.17, 15) is 9.90 Å². The zero-order valence-electron chi connectivity index (χ0n) is 11.0. The molecule has 0 aliphatic rings. The fraction of sp³-hybridized carbons (Fsp3) is 0.667. The van der Waals surface area contributed by atoms with Crippen LogP contribution < -0.4 is 5.32 Å². The van der Waals surface area contributed by atoms with Crippen molar-refractivity contribution in [3.63, 3.8) is 0 Å². The molecule has 0 radical (unpaired) electrons. The van der Waals surface area contributed by atoms with Crippen LogP contribution in [0.3, 0.4) is 0 Å². The van der Waals surface area contributed by atoms with E-state index in [1.165, 1.54) is 0 Å². The number of nitrogens with zero attached hydrogens (tertiary/aromatic N) is 1. The van der Waals surface area contributed by atoms with Crippen LogP contribution in [0.25, 0.3) is 0 Å². The summed E-state index contributed by atoms with van der Waals surface area (Å²) < 4.78 is 0. The van der Waals surface area contributed by atoms with Gasteiger partial charge in [0.05, 0.1) is 16.1 Å². The Morgan fingerprint density at radius 3 is 2.47 bits per heavy atom. The minimum Gasteiger partial charge on any atom is -0.481 e. The van der Waals surface area contributed by atoms with Crippen LogP contribution >= 0.6 is 11.3 Å². The van der Waals surface area contributed by atoms with Gasteiger partial charge in [-0.2, -0.15) is 0 Å². The lowest BCUT2D eigenvalue weighted by atomic mass is 9.74. The number of carbonyl (C=O) groups is 1. The van der Waals surface area contributed by atoms with Gasteiger partial charge < -0.3 is 10.4 Å². The molecule has 1 heterocycles. The molecular formula is C12H20N2O2S. The molecule has 5 heteroatoms. The van der Waals surface area contributed by atoms with Crippen LogP contribution in [0.1, 0.15) is 38.4 Å². The monoisotopic (exact) mass is 256 g/mol. The summed E-state index contributed by atoms with van der Waals surface area (Å²) in [5.41, 5.74) is -0.379. The third-order valence-electron chi connectivity index (χ3n) is 3.48. The Balaban J connectivity index is 2.70. The zero-order valence-corrected chi connectivity index (χ0v) is 11.8. The summed E-state index contributed by atoms with van der Waals surface area (Å²) in [5.74, 6) is -0.801. The lowest BCUT2D eigenvalue weighted by Crippen LogP contribution is -2.54. The maximum atomic E-state index is 11.2. The van der Waals surface area contributed by atoms with Gasteiger partial charge in [-0.05, 0) is 34.6 Å². The van der Waals surface area contributed by atoms with E-state index in [0.717, 1.165) is 10.7 Å². The van der Waals surface area contributed by atoms with Gasteiger partial charge >= 0.3 is 5.97 Å². The van der Waals surface area contributed by atoms with E-state index < -0.39 is 16.9 Å². The summed E-state index contributed by atoms with van der Waals surface area (Å²) >= 11 is 1.60. The van der Waals surface area contributed by atoms with E-state index in [2.05, 4.69) is 10.3 Å². The molecule has 0 spiro atoms. The predicted molar refractivity (Wildman–Crippen MR) is 69.2 cm³/mol. The van der Waals surface area contributed by atoms with Crippen molar-refractivity contribution in [2.45, 2.75) is 46.7 Å². The summed E-state index contributed by atoms with van der Waals surface area (Å²) in [7, 11) is 0. The summed E-state index contributed by atoms with van der Waals surface area (Å²) in [6.07, 6.45) is 0. The molecule has 0 aromatic carbocycles. The summed E-state index contributed by atoms with van der Waals surface area (Å²) in [6, 6.07) is 0. The first-order valence-electron chi connectivity index (χ1n) is 5.56. The van der Waals surface area contributed by atoms with Crippen molar-refractivity contribution in [3.8, 4) is 0 Å². The third kappa shape index (κ3) is 3.04. The molecule has 0 saturated carbocycles. The first-order chi connectivity index (χ1) is 7.67. The Hall–Kier alpha value is -0.940. The van der Waals surface area contributed by atoms with Gasteiger partial charge in [-0.1, -0.05) is 0 Å². The van der Waals surface area contributed by atoms with Gasteiger partial charge in [-0.3, -0.25) is 4.79 Å². The van der Waals surface area contributed by atoms with Gasteiger partial charge in [0.25, 0.3) is 0 Å². The maximum absolute atomic E-state index is 11.2. The molecule has 1 aromatic rings. The van der Waals surface area contributed by atoms with E-state index in [1.54, 1.807) is 25.2 Å². The molecule has 17 heavy (non-hydrogen) atoms. The van der Waals surface area contributed by atoms with Crippen molar-refractivity contribution in [1.29, 1.82) is 0 Å². The average molecular weight is 256 g/mol. The van der Waals surface area contributed by atoms with Crippen LogP contribution in [0.5, 0.6) is 0 Å². The number of rotatable bonds is 5. The van der Waals surface area contributed by atoms with Crippen LogP contribution in [-0.4, -0.2) is 21.6 Å². The fourth-order valence-electron chi connectivity index (χ4n) is 1.29. The molecule has 96 valence electrons. The molecule has 0 atom stereocenters. The lowest BCUT2D eigenvalue weighted by Gasteiger charge is -2.38. The quantitative estimate of drug-likeness (QED) is 0.849. The SMILES string of the molecule is Cc1nc(CNC(C)(C)C(C)(C)C(=O)O)cs1. The average Bonchev–Trinajstić information content (AvgIpc) is 2.61. The van der Waals surface area contributed by atoms with Crippen LogP contribution in [-0.2, 0) is 11.3 Å². The zero-order chi connectivity index (χ0) is 13.3. The number of carboxylic acid groups (broad SMARTS) is 1. The normalized spacial score (nSPS) is 12.8. The van der Waals surface area contributed by atoms with Gasteiger partial charge in [0, 0.05) is 17.5 Å². The number of aliphatic carboxylic acids is 1. The number of nitrogens with one attached hydrogen (secondary N) is 1. The molecule has 0 saturated heterocycles. The minimum absolute atomic E-state index is 0.504. The highest BCUT2D eigenvalue weighted by molar-refractivity contribution is 7.09. The van der Waals surface area contributed by atoms with E-state index in [4.69, 9.17) is 0 Å². The summed E-state index contributed by atoms with van der Waals surface area (Å²) in [5, 5.41) is 15.5. The van der Waals surface area contributed by atoms with Crippen molar-refractivity contribution in [3.05, 3.63) is 16.1 Å². The Bertz CT molecular complexity index is 410. The summed E-state index contributed by atoms with van der Waals surface area (Å²) in [6.45, 7) is 9.82. The Morgan fingerprint density at radius 2 is 2.06 bits per heavy atom. The first kappa shape index (κ1) is 14.1. The Kier molecular flexibility index (Phi) is 3.94. The number of hydrogen-bond acceptors (Lipinski definition) is 4. The van der Waals surface area contributed by atoms with Crippen LogP contribution in [0.15, 0.2) is 5.38 Å². The number of carboxylic acids is 1. The van der Waals surface area contributed by atoms with Gasteiger partial charge in [0.1, 0.15) is 0 Å². The molecule has 0 unspecified atom stereocenters. The Labute approximate surface area is 106 Å². The first-order valence-corrected chi connectivity index (χ1v) is 6.44. The highest BCUT2D eigenvalue weighted by atomic mass is 32.1. The topological polar surface area (TPSA) is 62.2 Å². The van der Waals surface area contributed by atoms with Gasteiger partial charge in [0.15, 0.2) is 0 Å². The van der Waals surface area contributed by atoms with E-state index in [-0.39, 0.29) is 0 Å². The number of aryl methyl sites for hydroxylation is 1. The second-order valence-corrected chi connectivity index (χ2v) is 6.33. The molecule has 0 fully saturated rings. The van der Waals surface area contributed by atoms with Gasteiger partial charge in [0.2, 0.25) is 0 Å². The number of thiazole rings is 1. The second-order valence-electron chi connectivity index (χ2n) is 5.27. The fourth-order valence-corrected chi connectivity index (χ4v) is 1.90. The molecule has 0 aliphatic heterocycles. The van der Waals surface area contributed by atoms with Crippen LogP contribution in [0, 0.1) is 12.3 Å². The van der Waals surface area contributed by atoms with Crippen molar-refractivity contribution < 1.29 is 9.90 Å². The molecule has 0 aliphatic carbocycles. The second kappa shape index (κ2) is 4.74. The highest BCUT2D eigenvalue weighted by Gasteiger charge is 2.43. The van der Waals surface area contributed by atoms with Crippen molar-refractivity contribution >= 4 is 17.3 Å². The van der Waals surface area contributed by atoms with Crippen molar-refractivity contribution in [2.75, 3.05) is 0 Å². The number of aromatic nitrogens is 1. The largest absolute Gasteiger partial charge is 0.481 e. The van der Waals surface area contributed by atoms with Crippen molar-refractivity contribution in [1.82, 2.24) is 10.3 Å². The molecule has 1 aromatic heterocycles. The molecule has 4 nitrogen and oxygen atoms in total. The molecule has 1 rings (SSSR count). The van der Waals surface area contributed by atoms with E-state index >= 15 is 0 Å². The summed E-state index contributed by atoms with van der Waals surface area (Å²) in [4.78, 5) is 15.6. The molecular weight excluding hydrogens is 236 g/mol. The molecule has 0 bridgehead atoms. The number of hydrogen-bond donors (Lipinski definition) is 2. The molecule has 2 N–H and O–H groups in total. The lowest BCUT2D eigenvalue weighted by molar-refractivity contribution is -0.151. The van der Waals surface area contributed by atoms with E-state index in [0.29, 0.717) is 6.54 Å². The van der Waals surface area contributed by atoms with Crippen LogP contribution in [0.2, 0.25) is 0 Å². The molecule has 0 amide bonds. The van der Waals surface area contributed by atoms with Crippen molar-refractivity contribution in [2.24, 2.45) is 5.41 Å². The third-order valence-corrected chi connectivity index (χ3v) is 4.30. The van der Waals surface area contributed by atoms with Gasteiger partial charge in [-0.25, -0.2) is 4.98 Å².